The molecule has 0 saturated carbocycles. The van der Waals surface area contributed by atoms with Crippen LogP contribution in [0.2, 0.25) is 0 Å². The molecule has 0 amide bonds. The molecule has 3 nitrogen and oxygen atoms in total. The van der Waals surface area contributed by atoms with E-state index >= 15 is 0 Å². The minimum Gasteiger partial charge on any atom is -0.402 e. The van der Waals surface area contributed by atoms with Crippen molar-refractivity contribution in [1.82, 2.24) is 0 Å². The molecule has 1 rings (SSSR count). The molecule has 0 aliphatic rings. The van der Waals surface area contributed by atoms with Gasteiger partial charge in [0, 0.05) is 0 Å². The van der Waals surface area contributed by atoms with Crippen molar-refractivity contribution in [3.05, 3.63) is 35.4 Å². The normalized spacial score (nSPS) is 11.0. The van der Waals surface area contributed by atoms with Gasteiger partial charge < -0.3 is 15.1 Å². The van der Waals surface area contributed by atoms with Gasteiger partial charge in [-0.05, 0) is 0 Å². The summed E-state index contributed by atoms with van der Waals surface area (Å²) in [6, 6.07) is 2.79. The van der Waals surface area contributed by atoms with Crippen LogP contribution in [0.1, 0.15) is 11.1 Å². The second kappa shape index (κ2) is 8.62. The van der Waals surface area contributed by atoms with Gasteiger partial charge in [-0.1, -0.05) is 11.1 Å². The van der Waals surface area contributed by atoms with E-state index in [0.717, 1.165) is 0 Å². The van der Waals surface area contributed by atoms with Gasteiger partial charge in [-0.15, -0.1) is 6.07 Å². The summed E-state index contributed by atoms with van der Waals surface area (Å²) >= 11 is 0. The molecule has 0 fully saturated rings. The summed E-state index contributed by atoms with van der Waals surface area (Å²) in [6.45, 7) is 0. The van der Waals surface area contributed by atoms with Crippen molar-refractivity contribution in [3.63, 3.8) is 0 Å². The average Bonchev–Trinajstić information content (AvgIpc) is 2.14. The second-order valence-electron chi connectivity index (χ2n) is 2.85. The zero-order chi connectivity index (χ0) is 14.6. The third-order valence-corrected chi connectivity index (χ3v) is 1.44. The van der Waals surface area contributed by atoms with E-state index in [2.05, 4.69) is 0 Å². The SMILES string of the molecule is FC(F)(F)c1c[c-]cc(C(F)(F)F)c1.OB(O)O.[K+]. The molecule has 102 valence electrons. The van der Waals surface area contributed by atoms with Crippen molar-refractivity contribution >= 4 is 7.32 Å². The van der Waals surface area contributed by atoms with Crippen LogP contribution in [0.3, 0.4) is 0 Å². The molecule has 11 heteroatoms. The molecule has 0 aliphatic carbocycles. The Morgan fingerprint density at radius 2 is 1.11 bits per heavy atom. The van der Waals surface area contributed by atoms with Crippen LogP contribution in [0, 0.1) is 6.07 Å². The van der Waals surface area contributed by atoms with E-state index in [1.807, 2.05) is 0 Å². The Labute approximate surface area is 146 Å². The molecule has 0 heterocycles. The third kappa shape index (κ3) is 9.85. The fourth-order valence-corrected chi connectivity index (χ4v) is 0.799. The number of hydrogen-bond acceptors (Lipinski definition) is 3. The van der Waals surface area contributed by atoms with E-state index in [-0.39, 0.29) is 57.5 Å². The Balaban J connectivity index is 0. The molecular formula is C8H6BF6KO3. The van der Waals surface area contributed by atoms with E-state index in [4.69, 9.17) is 15.1 Å². The molecule has 0 bridgehead atoms. The molecule has 0 aliphatic heterocycles. The van der Waals surface area contributed by atoms with Crippen LogP contribution >= 0.6 is 0 Å². The largest absolute Gasteiger partial charge is 1.00 e. The maximum Gasteiger partial charge on any atom is 1.00 e. The Morgan fingerprint density at radius 1 is 0.842 bits per heavy atom. The molecule has 0 radical (unpaired) electrons. The molecule has 1 aromatic rings. The molecular weight excluding hydrogens is 308 g/mol. The average molecular weight is 314 g/mol. The Bertz CT molecular complexity index is 349. The van der Waals surface area contributed by atoms with Crippen LogP contribution in [0.15, 0.2) is 18.2 Å². The quantitative estimate of drug-likeness (QED) is 0.310. The fraction of sp³-hybridized carbons (Fsp3) is 0.250. The summed E-state index contributed by atoms with van der Waals surface area (Å²) in [4.78, 5) is 0. The zero-order valence-corrected chi connectivity index (χ0v) is 12.5. The summed E-state index contributed by atoms with van der Waals surface area (Å²) in [7, 11) is -2.17. The summed E-state index contributed by atoms with van der Waals surface area (Å²) in [5, 5.41) is 21.5. The van der Waals surface area contributed by atoms with Gasteiger partial charge >= 0.3 is 71.1 Å². The molecule has 0 spiro atoms. The maximum absolute atomic E-state index is 12.0. The molecule has 0 atom stereocenters. The molecule has 19 heavy (non-hydrogen) atoms. The van der Waals surface area contributed by atoms with Gasteiger partial charge in [0.1, 0.15) is 0 Å². The zero-order valence-electron chi connectivity index (χ0n) is 9.42. The van der Waals surface area contributed by atoms with Crippen LogP contribution in [0.25, 0.3) is 0 Å². The fourth-order valence-electron chi connectivity index (χ4n) is 0.799. The van der Waals surface area contributed by atoms with Gasteiger partial charge in [0.15, 0.2) is 0 Å². The van der Waals surface area contributed by atoms with Crippen molar-refractivity contribution in [1.29, 1.82) is 0 Å². The van der Waals surface area contributed by atoms with E-state index in [9.17, 15) is 26.3 Å². The van der Waals surface area contributed by atoms with Crippen molar-refractivity contribution in [2.45, 2.75) is 12.4 Å². The first kappa shape index (κ1) is 21.7. The first-order valence-electron chi connectivity index (χ1n) is 4.14. The molecule has 0 aromatic heterocycles. The molecule has 1 aromatic carbocycles. The van der Waals surface area contributed by atoms with Crippen molar-refractivity contribution in [2.24, 2.45) is 0 Å². The van der Waals surface area contributed by atoms with E-state index < -0.39 is 30.8 Å². The summed E-state index contributed by atoms with van der Waals surface area (Å²) in [5.41, 5.74) is -2.71. The minimum absolute atomic E-state index is 0. The first-order chi connectivity index (χ1) is 7.94. The van der Waals surface area contributed by atoms with Gasteiger partial charge in [-0.25, -0.2) is 0 Å². The van der Waals surface area contributed by atoms with Gasteiger partial charge in [0.25, 0.3) is 0 Å². The smallest absolute Gasteiger partial charge is 0.402 e. The summed E-state index contributed by atoms with van der Waals surface area (Å²) in [5.74, 6) is 0. The predicted octanol–water partition coefficient (Wildman–Crippen LogP) is -1.52. The molecule has 0 unspecified atom stereocenters. The molecule has 0 saturated heterocycles. The monoisotopic (exact) mass is 314 g/mol. The van der Waals surface area contributed by atoms with Crippen molar-refractivity contribution in [3.8, 4) is 0 Å². The van der Waals surface area contributed by atoms with Crippen molar-refractivity contribution < 1.29 is 92.8 Å². The van der Waals surface area contributed by atoms with E-state index in [0.29, 0.717) is 12.1 Å². The van der Waals surface area contributed by atoms with Gasteiger partial charge in [0.05, 0.1) is 0 Å². The van der Waals surface area contributed by atoms with Gasteiger partial charge in [-0.3, -0.25) is 0 Å². The summed E-state index contributed by atoms with van der Waals surface area (Å²) in [6.07, 6.45) is -9.56. The Kier molecular flexibility index (Phi) is 9.83. The van der Waals surface area contributed by atoms with Gasteiger partial charge in [0.2, 0.25) is 0 Å². The van der Waals surface area contributed by atoms with Crippen LogP contribution in [0.4, 0.5) is 26.3 Å². The van der Waals surface area contributed by atoms with Crippen LogP contribution in [0.5, 0.6) is 0 Å². The Hall–Kier alpha value is 0.381. The topological polar surface area (TPSA) is 60.7 Å². The molecule has 3 N–H and O–H groups in total. The summed E-state index contributed by atoms with van der Waals surface area (Å²) < 4.78 is 71.8. The standard InChI is InChI=1S/C8H3F6.BH3O3.K/c9-7(10,11)5-2-1-3-6(4-5)8(12,13)14;2-1(3)4;/h2-4H;2-4H;/q-1;;+1. The minimum atomic E-state index is -4.78. The van der Waals surface area contributed by atoms with Crippen LogP contribution in [-0.2, 0) is 12.4 Å². The Morgan fingerprint density at radius 3 is 1.32 bits per heavy atom. The number of rotatable bonds is 0. The number of hydrogen-bond donors (Lipinski definition) is 3. The third-order valence-electron chi connectivity index (χ3n) is 1.44. The second-order valence-corrected chi connectivity index (χ2v) is 2.85. The van der Waals surface area contributed by atoms with E-state index in [1.165, 1.54) is 0 Å². The number of benzene rings is 1. The van der Waals surface area contributed by atoms with Crippen LogP contribution < -0.4 is 51.4 Å². The number of halogens is 6. The number of alkyl halides is 6. The maximum atomic E-state index is 12.0. The predicted molar refractivity (Wildman–Crippen MR) is 47.7 cm³/mol. The van der Waals surface area contributed by atoms with Crippen LogP contribution in [-0.4, -0.2) is 22.4 Å². The first-order valence-corrected chi connectivity index (χ1v) is 4.14. The van der Waals surface area contributed by atoms with Gasteiger partial charge in [-0.2, -0.15) is 44.5 Å². The van der Waals surface area contributed by atoms with E-state index in [1.54, 1.807) is 6.07 Å². The van der Waals surface area contributed by atoms with Crippen molar-refractivity contribution in [2.75, 3.05) is 0 Å².